The van der Waals surface area contributed by atoms with E-state index in [1.165, 1.54) is 0 Å². The number of nitrogens with zero attached hydrogens (tertiary/aromatic N) is 2. The number of carboxylic acids is 1. The highest BCUT2D eigenvalue weighted by atomic mass is 35.5. The lowest BCUT2D eigenvalue weighted by atomic mass is 9.81. The van der Waals surface area contributed by atoms with Gasteiger partial charge < -0.3 is 26.9 Å². The average Bonchev–Trinajstić information content (AvgIpc) is 3.55. The van der Waals surface area contributed by atoms with Crippen molar-refractivity contribution in [2.45, 2.75) is 44.3 Å². The second-order valence-electron chi connectivity index (χ2n) is 10.2. The summed E-state index contributed by atoms with van der Waals surface area (Å²) in [5, 5.41) is 18.6. The number of aliphatic carboxylic acids is 1. The van der Waals surface area contributed by atoms with E-state index in [2.05, 4.69) is 20.5 Å². The van der Waals surface area contributed by atoms with Gasteiger partial charge in [0.05, 0.1) is 11.6 Å². The summed E-state index contributed by atoms with van der Waals surface area (Å²) >= 11 is 6.61. The highest BCUT2D eigenvalue weighted by Gasteiger charge is 2.38. The Balaban J connectivity index is 0.000000517. The molecule has 224 valence electrons. The maximum Gasteiger partial charge on any atom is 0.490 e. The number of imidazole rings is 1. The predicted molar refractivity (Wildman–Crippen MR) is 152 cm³/mol. The molecule has 0 saturated heterocycles. The number of nitrogen functional groups attached to an aromatic ring is 1. The quantitative estimate of drug-likeness (QED) is 0.172. The first-order valence-corrected chi connectivity index (χ1v) is 13.7. The monoisotopic (exact) mass is 605 g/mol. The largest absolute Gasteiger partial charge is 0.490 e. The van der Waals surface area contributed by atoms with Crippen LogP contribution in [0.4, 0.5) is 19.0 Å². The summed E-state index contributed by atoms with van der Waals surface area (Å²) in [6.45, 7) is 0.690. The molecule has 1 aliphatic rings. The van der Waals surface area contributed by atoms with Crippen LogP contribution >= 0.6 is 11.6 Å². The smallest absolute Gasteiger partial charge is 0.475 e. The van der Waals surface area contributed by atoms with Crippen LogP contribution in [0.15, 0.2) is 48.5 Å². The van der Waals surface area contributed by atoms with Crippen LogP contribution in [0.3, 0.4) is 0 Å². The summed E-state index contributed by atoms with van der Waals surface area (Å²) in [4.78, 5) is 30.2. The third-order valence-corrected chi connectivity index (χ3v) is 7.54. The molecule has 0 bridgehead atoms. The van der Waals surface area contributed by atoms with Crippen molar-refractivity contribution in [2.75, 3.05) is 12.3 Å². The molecule has 1 atom stereocenters. The molecule has 8 N–H and O–H groups in total. The summed E-state index contributed by atoms with van der Waals surface area (Å²) in [6, 6.07) is 15.5. The molecule has 0 aliphatic heterocycles. The molecule has 1 amide bonds. The Morgan fingerprint density at radius 2 is 1.79 bits per heavy atom. The van der Waals surface area contributed by atoms with Gasteiger partial charge in [-0.25, -0.2) is 9.78 Å². The Morgan fingerprint density at radius 1 is 1.12 bits per heavy atom. The number of carbonyl (C=O) groups is 2. The topological polar surface area (TPSA) is 176 Å². The number of aromatic nitrogens is 4. The van der Waals surface area contributed by atoms with Crippen molar-refractivity contribution in [3.63, 3.8) is 0 Å². The van der Waals surface area contributed by atoms with E-state index in [4.69, 9.17) is 38.0 Å². The van der Waals surface area contributed by atoms with Crippen molar-refractivity contribution in [3.8, 4) is 11.3 Å². The summed E-state index contributed by atoms with van der Waals surface area (Å²) in [5.74, 6) is -1.10. The maximum atomic E-state index is 13.2. The van der Waals surface area contributed by atoms with Crippen molar-refractivity contribution in [1.82, 2.24) is 25.5 Å². The Morgan fingerprint density at radius 3 is 2.40 bits per heavy atom. The van der Waals surface area contributed by atoms with Crippen LogP contribution in [-0.2, 0) is 16.0 Å². The Hall–Kier alpha value is -4.10. The second-order valence-corrected chi connectivity index (χ2v) is 10.5. The zero-order valence-electron chi connectivity index (χ0n) is 22.4. The fourth-order valence-corrected chi connectivity index (χ4v) is 5.18. The van der Waals surface area contributed by atoms with E-state index in [0.717, 1.165) is 47.7 Å². The van der Waals surface area contributed by atoms with Gasteiger partial charge in [0.1, 0.15) is 16.7 Å². The third-order valence-electron chi connectivity index (χ3n) is 7.27. The molecule has 2 aromatic carbocycles. The maximum absolute atomic E-state index is 13.2. The Kier molecular flexibility index (Phi) is 9.74. The van der Waals surface area contributed by atoms with Crippen LogP contribution in [0.5, 0.6) is 0 Å². The van der Waals surface area contributed by atoms with Gasteiger partial charge in [-0.3, -0.25) is 9.89 Å². The van der Waals surface area contributed by atoms with Crippen LogP contribution in [0.1, 0.15) is 43.1 Å². The SMILES string of the molecule is NCC1CCC(C(=O)N[C@@H](Cc2ccccc2)c2nc(-c3ccc4c(N)n[nH]c4c3)c(Cl)[nH]2)CC1.O=C(O)C(F)(F)F. The zero-order valence-corrected chi connectivity index (χ0v) is 23.2. The first-order chi connectivity index (χ1) is 20.0. The lowest BCUT2D eigenvalue weighted by molar-refractivity contribution is -0.192. The number of H-pyrrole nitrogens is 2. The molecular formula is C28H31ClF3N7O3. The number of rotatable bonds is 7. The number of fused-ring (bicyclic) bond motifs is 1. The van der Waals surface area contributed by atoms with E-state index >= 15 is 0 Å². The summed E-state index contributed by atoms with van der Waals surface area (Å²) in [5.41, 5.74) is 15.1. The molecule has 1 saturated carbocycles. The zero-order chi connectivity index (χ0) is 30.4. The van der Waals surface area contributed by atoms with Gasteiger partial charge in [-0.05, 0) is 62.3 Å². The van der Waals surface area contributed by atoms with Crippen molar-refractivity contribution in [1.29, 1.82) is 0 Å². The number of carbonyl (C=O) groups excluding carboxylic acids is 1. The van der Waals surface area contributed by atoms with E-state index in [1.807, 2.05) is 48.5 Å². The van der Waals surface area contributed by atoms with Crippen LogP contribution in [0, 0.1) is 11.8 Å². The number of aromatic amines is 2. The minimum atomic E-state index is -5.08. The number of anilines is 1. The lowest BCUT2D eigenvalue weighted by Gasteiger charge is -2.28. The number of amides is 1. The van der Waals surface area contributed by atoms with Gasteiger partial charge in [-0.1, -0.05) is 48.0 Å². The molecule has 0 radical (unpaired) electrons. The third kappa shape index (κ3) is 7.59. The van der Waals surface area contributed by atoms with Crippen molar-refractivity contribution >= 4 is 40.2 Å². The van der Waals surface area contributed by atoms with Crippen LogP contribution in [-0.4, -0.2) is 49.9 Å². The molecule has 2 heterocycles. The molecule has 1 aliphatic carbocycles. The fraction of sp³-hybridized carbons (Fsp3) is 0.357. The lowest BCUT2D eigenvalue weighted by Crippen LogP contribution is -2.37. The molecule has 0 unspecified atom stereocenters. The van der Waals surface area contributed by atoms with Gasteiger partial charge in [-0.15, -0.1) is 0 Å². The van der Waals surface area contributed by atoms with Crippen LogP contribution in [0.2, 0.25) is 5.15 Å². The normalized spacial score (nSPS) is 17.7. The summed E-state index contributed by atoms with van der Waals surface area (Å²) in [6.07, 6.45) is -0.763. The number of carboxylic acid groups (broad SMARTS) is 1. The van der Waals surface area contributed by atoms with Gasteiger partial charge in [0, 0.05) is 16.9 Å². The molecular weight excluding hydrogens is 575 g/mol. The number of benzene rings is 2. The minimum absolute atomic E-state index is 0.00535. The number of hydrogen-bond acceptors (Lipinski definition) is 6. The van der Waals surface area contributed by atoms with Gasteiger partial charge in [-0.2, -0.15) is 18.3 Å². The average molecular weight is 606 g/mol. The number of alkyl halides is 3. The fourth-order valence-electron chi connectivity index (χ4n) is 4.93. The van der Waals surface area contributed by atoms with Crippen molar-refractivity contribution in [3.05, 3.63) is 65.1 Å². The minimum Gasteiger partial charge on any atom is -0.475 e. The van der Waals surface area contributed by atoms with Crippen molar-refractivity contribution in [2.24, 2.45) is 17.6 Å². The van der Waals surface area contributed by atoms with Crippen LogP contribution in [0.25, 0.3) is 22.2 Å². The first-order valence-electron chi connectivity index (χ1n) is 13.3. The van der Waals surface area contributed by atoms with Crippen molar-refractivity contribution < 1.29 is 27.9 Å². The molecule has 10 nitrogen and oxygen atoms in total. The van der Waals surface area contributed by atoms with Gasteiger partial charge >= 0.3 is 12.1 Å². The standard InChI is InChI=1S/C26H30ClN7O.C2HF3O2/c27-23-22(18-10-11-19-20(13-18)33-34-24(19)29)31-25(32-23)21(12-15-4-2-1-3-5-15)30-26(35)17-8-6-16(14-28)7-9-17;3-2(4,5)1(6)7/h1-5,10-11,13,16-17,21H,6-9,12,14,28H2,(H,30,35)(H,31,32)(H3,29,33,34);(H,6,7)/t16?,17?,21-;/m0./s1. The molecule has 14 heteroatoms. The van der Waals surface area contributed by atoms with E-state index in [-0.39, 0.29) is 17.9 Å². The first kappa shape index (κ1) is 30.8. The van der Waals surface area contributed by atoms with E-state index < -0.39 is 12.1 Å². The number of nitrogens with two attached hydrogens (primary N) is 2. The van der Waals surface area contributed by atoms with E-state index in [1.54, 1.807) is 0 Å². The highest BCUT2D eigenvalue weighted by Crippen LogP contribution is 2.32. The molecule has 1 fully saturated rings. The Labute approximate surface area is 244 Å². The molecule has 4 aromatic rings. The molecule has 5 rings (SSSR count). The Bertz CT molecular complexity index is 1520. The summed E-state index contributed by atoms with van der Waals surface area (Å²) in [7, 11) is 0. The molecule has 2 aromatic heterocycles. The molecule has 42 heavy (non-hydrogen) atoms. The number of nitrogens with one attached hydrogen (secondary N) is 3. The number of hydrogen-bond donors (Lipinski definition) is 6. The van der Waals surface area contributed by atoms with E-state index in [0.29, 0.717) is 41.4 Å². The number of halogens is 4. The summed E-state index contributed by atoms with van der Waals surface area (Å²) < 4.78 is 31.7. The predicted octanol–water partition coefficient (Wildman–Crippen LogP) is 4.99. The van der Waals surface area contributed by atoms with Gasteiger partial charge in [0.25, 0.3) is 0 Å². The second kappa shape index (κ2) is 13.3. The van der Waals surface area contributed by atoms with Gasteiger partial charge in [0.2, 0.25) is 5.91 Å². The molecule has 0 spiro atoms. The van der Waals surface area contributed by atoms with Crippen LogP contribution < -0.4 is 16.8 Å². The van der Waals surface area contributed by atoms with E-state index in [9.17, 15) is 18.0 Å². The van der Waals surface area contributed by atoms with Gasteiger partial charge in [0.15, 0.2) is 5.82 Å². The highest BCUT2D eigenvalue weighted by molar-refractivity contribution is 6.32.